The first-order valence-corrected chi connectivity index (χ1v) is 13.5. The zero-order valence-corrected chi connectivity index (χ0v) is 22.4. The first-order valence-electron chi connectivity index (χ1n) is 11.7. The Bertz CT molecular complexity index is 1100. The van der Waals surface area contributed by atoms with Gasteiger partial charge in [-0.25, -0.2) is 9.03 Å². The minimum Gasteiger partial charge on any atom is -0.302 e. The smallest absolute Gasteiger partial charge is 0.302 e. The minimum absolute atomic E-state index is 0.0400. The van der Waals surface area contributed by atoms with E-state index in [-0.39, 0.29) is 30.8 Å². The molecule has 2 aromatic rings. The summed E-state index contributed by atoms with van der Waals surface area (Å²) in [5.74, 6) is -0.291. The Labute approximate surface area is 208 Å². The number of benzene rings is 1. The summed E-state index contributed by atoms with van der Waals surface area (Å²) in [5, 5.41) is 4.75. The highest BCUT2D eigenvalue weighted by molar-refractivity contribution is 7.91. The van der Waals surface area contributed by atoms with Crippen molar-refractivity contribution >= 4 is 33.4 Å². The first-order chi connectivity index (χ1) is 15.9. The van der Waals surface area contributed by atoms with Gasteiger partial charge in [0.15, 0.2) is 0 Å². The molecule has 34 heavy (non-hydrogen) atoms. The summed E-state index contributed by atoms with van der Waals surface area (Å²) in [7, 11) is -0.415. The molecule has 1 aliphatic heterocycles. The van der Waals surface area contributed by atoms with Crippen LogP contribution in [0.5, 0.6) is 0 Å². The molecule has 188 valence electrons. The zero-order chi connectivity index (χ0) is 25.2. The van der Waals surface area contributed by atoms with E-state index in [4.69, 9.17) is 11.6 Å². The van der Waals surface area contributed by atoms with Crippen molar-refractivity contribution < 1.29 is 13.2 Å². The van der Waals surface area contributed by atoms with Gasteiger partial charge in [0.1, 0.15) is 0 Å². The Hall–Kier alpha value is -2.10. The van der Waals surface area contributed by atoms with Gasteiger partial charge in [0, 0.05) is 24.3 Å². The Morgan fingerprint density at radius 2 is 1.82 bits per heavy atom. The van der Waals surface area contributed by atoms with E-state index in [0.717, 1.165) is 36.1 Å². The molecule has 1 aliphatic rings. The third-order valence-corrected chi connectivity index (χ3v) is 8.07. The van der Waals surface area contributed by atoms with Crippen molar-refractivity contribution in [1.29, 1.82) is 0 Å². The highest BCUT2D eigenvalue weighted by Crippen LogP contribution is 2.32. The van der Waals surface area contributed by atoms with Gasteiger partial charge in [-0.2, -0.15) is 13.5 Å². The quantitative estimate of drug-likeness (QED) is 0.555. The van der Waals surface area contributed by atoms with Gasteiger partial charge in [-0.15, -0.1) is 0 Å². The molecule has 1 aromatic heterocycles. The Morgan fingerprint density at radius 1 is 1.21 bits per heavy atom. The van der Waals surface area contributed by atoms with Gasteiger partial charge in [-0.05, 0) is 67.1 Å². The fraction of sp³-hybridized carbons (Fsp3) is 0.583. The van der Waals surface area contributed by atoms with Crippen LogP contribution in [-0.4, -0.2) is 55.2 Å². The van der Waals surface area contributed by atoms with Gasteiger partial charge in [0.25, 0.3) is 0 Å². The van der Waals surface area contributed by atoms with Crippen LogP contribution in [0.2, 0.25) is 5.02 Å². The van der Waals surface area contributed by atoms with Crippen LogP contribution in [-0.2, 0) is 28.5 Å². The van der Waals surface area contributed by atoms with E-state index in [1.807, 2.05) is 46.9 Å². The summed E-state index contributed by atoms with van der Waals surface area (Å²) in [6.07, 6.45) is 5.02. The number of likely N-dealkylation sites (tertiary alicyclic amines) is 1. The zero-order valence-electron chi connectivity index (χ0n) is 20.9. The fourth-order valence-electron chi connectivity index (χ4n) is 4.59. The number of nitrogens with zero attached hydrogens (tertiary/aromatic N) is 4. The molecule has 0 spiro atoms. The van der Waals surface area contributed by atoms with Crippen LogP contribution in [0.25, 0.3) is 0 Å². The van der Waals surface area contributed by atoms with Crippen LogP contribution in [0.1, 0.15) is 69.1 Å². The van der Waals surface area contributed by atoms with E-state index in [9.17, 15) is 13.2 Å². The van der Waals surface area contributed by atoms with E-state index >= 15 is 0 Å². The molecule has 1 amide bonds. The molecule has 8 nitrogen and oxygen atoms in total. The highest BCUT2D eigenvalue weighted by Gasteiger charge is 2.32. The number of amides is 1. The average molecular weight is 510 g/mol. The van der Waals surface area contributed by atoms with Crippen LogP contribution in [0.3, 0.4) is 0 Å². The first kappa shape index (κ1) is 26.5. The topological polar surface area (TPSA) is 87.5 Å². The standard InChI is InChI=1S/C24H36ClN5O3S/c1-16(2)21-10-18(25)11-22(17(3)4)23(21)12-24(31)27-34(32,33)30(20-13-26-29(6)14-20)15-19-8-7-9-28(19)5/h10-11,13-14,16-17,19H,7-9,12,15H2,1-6H3,(H,27,31)/t19-/m0/s1. The van der Waals surface area contributed by atoms with Gasteiger partial charge in [-0.1, -0.05) is 39.3 Å². The molecule has 10 heteroatoms. The number of halogens is 1. The summed E-state index contributed by atoms with van der Waals surface area (Å²) in [6.45, 7) is 9.32. The lowest BCUT2D eigenvalue weighted by molar-refractivity contribution is -0.118. The van der Waals surface area contributed by atoms with E-state index in [1.165, 1.54) is 10.5 Å². The molecule has 0 unspecified atom stereocenters. The van der Waals surface area contributed by atoms with Gasteiger partial charge < -0.3 is 4.90 Å². The number of hydrogen-bond acceptors (Lipinski definition) is 5. The van der Waals surface area contributed by atoms with Crippen molar-refractivity contribution in [2.45, 2.75) is 64.8 Å². The Kier molecular flexibility index (Phi) is 8.31. The predicted molar refractivity (Wildman–Crippen MR) is 137 cm³/mol. The molecular weight excluding hydrogens is 474 g/mol. The fourth-order valence-corrected chi connectivity index (χ4v) is 6.04. The molecule has 0 bridgehead atoms. The van der Waals surface area contributed by atoms with E-state index < -0.39 is 16.1 Å². The predicted octanol–water partition coefficient (Wildman–Crippen LogP) is 3.82. The van der Waals surface area contributed by atoms with E-state index in [0.29, 0.717) is 10.7 Å². The van der Waals surface area contributed by atoms with E-state index in [2.05, 4.69) is 14.7 Å². The SMILES string of the molecule is CC(C)c1cc(Cl)cc(C(C)C)c1CC(=O)NS(=O)(=O)N(C[C@@H]1CCCN1C)c1cnn(C)c1. The Balaban J connectivity index is 1.89. The second kappa shape index (κ2) is 10.7. The average Bonchev–Trinajstić information content (AvgIpc) is 3.33. The third kappa shape index (κ3) is 6.12. The molecule has 0 aliphatic carbocycles. The van der Waals surface area contributed by atoms with Crippen LogP contribution < -0.4 is 9.03 Å². The van der Waals surface area contributed by atoms with Crippen molar-refractivity contribution in [3.05, 3.63) is 46.2 Å². The molecule has 0 saturated carbocycles. The van der Waals surface area contributed by atoms with Gasteiger partial charge in [-0.3, -0.25) is 9.48 Å². The van der Waals surface area contributed by atoms with Gasteiger partial charge in [0.05, 0.1) is 24.8 Å². The molecule has 1 fully saturated rings. The molecule has 1 saturated heterocycles. The second-order valence-electron chi connectivity index (χ2n) is 9.76. The van der Waals surface area contributed by atoms with Gasteiger partial charge in [0.2, 0.25) is 5.91 Å². The molecule has 1 aromatic carbocycles. The van der Waals surface area contributed by atoms with Crippen molar-refractivity contribution in [2.75, 3.05) is 24.4 Å². The van der Waals surface area contributed by atoms with Crippen molar-refractivity contribution in [1.82, 2.24) is 19.4 Å². The highest BCUT2D eigenvalue weighted by atomic mass is 35.5. The summed E-state index contributed by atoms with van der Waals surface area (Å²) in [4.78, 5) is 15.3. The largest absolute Gasteiger partial charge is 0.326 e. The number of carbonyl (C=O) groups is 1. The maximum atomic E-state index is 13.4. The normalized spacial score (nSPS) is 17.0. The number of nitrogens with one attached hydrogen (secondary N) is 1. The number of carbonyl (C=O) groups excluding carboxylic acids is 1. The second-order valence-corrected chi connectivity index (χ2v) is 11.8. The van der Waals surface area contributed by atoms with Crippen molar-refractivity contribution in [2.24, 2.45) is 7.05 Å². The molecule has 1 N–H and O–H groups in total. The van der Waals surface area contributed by atoms with Crippen LogP contribution in [0.15, 0.2) is 24.5 Å². The number of likely N-dealkylation sites (N-methyl/N-ethyl adjacent to an activating group) is 1. The lowest BCUT2D eigenvalue weighted by Gasteiger charge is -2.29. The number of anilines is 1. The lowest BCUT2D eigenvalue weighted by Crippen LogP contribution is -2.48. The monoisotopic (exact) mass is 509 g/mol. The molecule has 3 rings (SSSR count). The summed E-state index contributed by atoms with van der Waals surface area (Å²) in [6, 6.07) is 3.81. The number of aromatic nitrogens is 2. The van der Waals surface area contributed by atoms with Crippen LogP contribution in [0.4, 0.5) is 5.69 Å². The summed E-state index contributed by atoms with van der Waals surface area (Å²) in [5.41, 5.74) is 3.19. The minimum atomic E-state index is -4.14. The van der Waals surface area contributed by atoms with Crippen LogP contribution in [0, 0.1) is 0 Å². The summed E-state index contributed by atoms with van der Waals surface area (Å²) < 4.78 is 32.0. The molecular formula is C24H36ClN5O3S. The Morgan fingerprint density at radius 3 is 2.29 bits per heavy atom. The number of hydrogen-bond donors (Lipinski definition) is 1. The molecule has 1 atom stereocenters. The summed E-state index contributed by atoms with van der Waals surface area (Å²) >= 11 is 6.34. The lowest BCUT2D eigenvalue weighted by atomic mass is 9.87. The number of rotatable bonds is 9. The maximum absolute atomic E-state index is 13.4. The molecule has 0 radical (unpaired) electrons. The van der Waals surface area contributed by atoms with Crippen molar-refractivity contribution in [3.8, 4) is 0 Å². The third-order valence-electron chi connectivity index (χ3n) is 6.43. The maximum Gasteiger partial charge on any atom is 0.326 e. The molecule has 2 heterocycles. The van der Waals surface area contributed by atoms with E-state index in [1.54, 1.807) is 17.9 Å². The number of aryl methyl sites for hydroxylation is 1. The van der Waals surface area contributed by atoms with Crippen molar-refractivity contribution in [3.63, 3.8) is 0 Å². The van der Waals surface area contributed by atoms with Gasteiger partial charge >= 0.3 is 10.2 Å². The van der Waals surface area contributed by atoms with Crippen LogP contribution >= 0.6 is 11.6 Å².